The van der Waals surface area contributed by atoms with Crippen molar-refractivity contribution in [2.45, 2.75) is 45.3 Å². The van der Waals surface area contributed by atoms with E-state index in [1.54, 1.807) is 6.07 Å². The third-order valence-corrected chi connectivity index (χ3v) is 11.2. The number of nitrogens with zero attached hydrogens (tertiary/aromatic N) is 3. The predicted octanol–water partition coefficient (Wildman–Crippen LogP) is 7.05. The molecule has 1 aromatic carbocycles. The normalized spacial score (nSPS) is 14.6. The van der Waals surface area contributed by atoms with Crippen LogP contribution in [0.1, 0.15) is 31.9 Å². The first-order valence-electron chi connectivity index (χ1n) is 9.57. The van der Waals surface area contributed by atoms with E-state index in [9.17, 15) is 0 Å². The summed E-state index contributed by atoms with van der Waals surface area (Å²) < 4.78 is 6.38. The van der Waals surface area contributed by atoms with Crippen molar-refractivity contribution in [3.63, 3.8) is 0 Å². The minimum absolute atomic E-state index is 0.184. The van der Waals surface area contributed by atoms with E-state index in [4.69, 9.17) is 39.2 Å². The highest BCUT2D eigenvalue weighted by Gasteiger charge is 2.37. The molecule has 2 heterocycles. The van der Waals surface area contributed by atoms with Gasteiger partial charge in [0.15, 0.2) is 8.32 Å². The molecule has 0 saturated carbocycles. The molecule has 1 aliphatic heterocycles. The van der Waals surface area contributed by atoms with Crippen molar-refractivity contribution in [1.82, 2.24) is 4.98 Å². The summed E-state index contributed by atoms with van der Waals surface area (Å²) >= 11 is 18.6. The molecule has 0 radical (unpaired) electrons. The summed E-state index contributed by atoms with van der Waals surface area (Å²) in [6.45, 7) is 12.3. The van der Waals surface area contributed by atoms with Crippen LogP contribution < -0.4 is 4.90 Å². The van der Waals surface area contributed by atoms with E-state index < -0.39 is 8.32 Å². The Kier molecular flexibility index (Phi) is 6.66. The lowest BCUT2D eigenvalue weighted by Crippen LogP contribution is -2.41. The fourth-order valence-electron chi connectivity index (χ4n) is 2.91. The molecule has 0 fully saturated rings. The minimum Gasteiger partial charge on any atom is -0.416 e. The van der Waals surface area contributed by atoms with Gasteiger partial charge in [0.25, 0.3) is 0 Å². The Balaban J connectivity index is 1.88. The molecule has 0 amide bonds. The highest BCUT2D eigenvalue weighted by molar-refractivity contribution is 6.74. The molecule has 8 heteroatoms. The summed E-state index contributed by atoms with van der Waals surface area (Å²) in [6, 6.07) is 9.93. The van der Waals surface area contributed by atoms with E-state index in [2.05, 4.69) is 56.0 Å². The van der Waals surface area contributed by atoms with E-state index in [1.807, 2.05) is 17.0 Å². The number of fused-ring (bicyclic) bond motifs is 1. The molecule has 1 aromatic heterocycles. The van der Waals surface area contributed by atoms with Crippen molar-refractivity contribution in [3.05, 3.63) is 51.6 Å². The van der Waals surface area contributed by atoms with Gasteiger partial charge < -0.3 is 9.33 Å². The van der Waals surface area contributed by atoms with Crippen LogP contribution in [-0.4, -0.2) is 31.7 Å². The van der Waals surface area contributed by atoms with Crippen LogP contribution in [-0.2, 0) is 10.8 Å². The lowest BCUT2D eigenvalue weighted by Gasteiger charge is -2.36. The third kappa shape index (κ3) is 4.80. The van der Waals surface area contributed by atoms with Crippen LogP contribution in [0.4, 0.5) is 11.5 Å². The average Bonchev–Trinajstić information content (AvgIpc) is 2.63. The molecule has 4 nitrogen and oxygen atoms in total. The van der Waals surface area contributed by atoms with Crippen LogP contribution >= 0.6 is 34.8 Å². The van der Waals surface area contributed by atoms with Crippen molar-refractivity contribution in [2.24, 2.45) is 4.99 Å². The maximum absolute atomic E-state index is 6.38. The molecule has 2 aromatic rings. The number of rotatable bonds is 5. The van der Waals surface area contributed by atoms with Crippen LogP contribution in [0.5, 0.6) is 0 Å². The van der Waals surface area contributed by atoms with Gasteiger partial charge in [0, 0.05) is 12.3 Å². The van der Waals surface area contributed by atoms with E-state index in [-0.39, 0.29) is 10.2 Å². The quantitative estimate of drug-likeness (QED) is 0.347. The number of hydrogen-bond donors (Lipinski definition) is 0. The topological polar surface area (TPSA) is 37.7 Å². The number of anilines is 2. The van der Waals surface area contributed by atoms with Gasteiger partial charge in [0.1, 0.15) is 22.8 Å². The van der Waals surface area contributed by atoms with Crippen LogP contribution in [0.3, 0.4) is 0 Å². The Morgan fingerprint density at radius 1 is 1.14 bits per heavy atom. The van der Waals surface area contributed by atoms with Gasteiger partial charge in [0.05, 0.1) is 10.6 Å². The largest absolute Gasteiger partial charge is 0.416 e. The summed E-state index contributed by atoms with van der Waals surface area (Å²) in [6.07, 6.45) is 0.799. The van der Waals surface area contributed by atoms with Crippen molar-refractivity contribution in [3.8, 4) is 0 Å². The van der Waals surface area contributed by atoms with Crippen molar-refractivity contribution in [2.75, 3.05) is 18.2 Å². The first kappa shape index (κ1) is 22.6. The molecule has 0 saturated heterocycles. The average molecular weight is 471 g/mol. The molecule has 0 atom stereocenters. The van der Waals surface area contributed by atoms with Crippen molar-refractivity contribution in [1.29, 1.82) is 0 Å². The van der Waals surface area contributed by atoms with Crippen LogP contribution in [0.15, 0.2) is 35.3 Å². The molecule has 0 bridgehead atoms. The maximum atomic E-state index is 6.38. The Labute approximate surface area is 189 Å². The highest BCUT2D eigenvalue weighted by Crippen LogP contribution is 2.38. The van der Waals surface area contributed by atoms with Crippen LogP contribution in [0, 0.1) is 0 Å². The summed E-state index contributed by atoms with van der Waals surface area (Å²) in [5.74, 6) is 0.664. The second kappa shape index (κ2) is 8.56. The Morgan fingerprint density at radius 2 is 1.83 bits per heavy atom. The van der Waals surface area contributed by atoms with Gasteiger partial charge in [-0.1, -0.05) is 73.8 Å². The van der Waals surface area contributed by atoms with E-state index >= 15 is 0 Å². The molecule has 0 aliphatic carbocycles. The predicted molar refractivity (Wildman–Crippen MR) is 127 cm³/mol. The van der Waals surface area contributed by atoms with E-state index in [0.717, 1.165) is 12.1 Å². The lowest BCUT2D eigenvalue weighted by atomic mass is 10.1. The Bertz CT molecular complexity index is 941. The number of pyridine rings is 1. The Hall–Kier alpha value is -1.11. The standard InChI is InChI=1S/C21H26Cl3N3OSi/c1-21(2,3)29(4,5)28-11-10-14-8-6-7-9-17(14)27-13-25-18(23)15-12-16(22)19(24)26-20(15)27/h6-9,12H,10-11,13H2,1-5H3. The monoisotopic (exact) mass is 469 g/mol. The SMILES string of the molecule is CC(C)(C)[Si](C)(C)OCCc1ccccc1N1CN=C(Cl)c2cc(Cl)c(Cl)nc21. The van der Waals surface area contributed by atoms with Crippen LogP contribution in [0.2, 0.25) is 28.3 Å². The molecular formula is C21H26Cl3N3OSi. The fourth-order valence-corrected chi connectivity index (χ4v) is 4.43. The number of aromatic nitrogens is 1. The third-order valence-electron chi connectivity index (χ3n) is 5.66. The summed E-state index contributed by atoms with van der Waals surface area (Å²) in [5.41, 5.74) is 2.87. The zero-order valence-corrected chi connectivity index (χ0v) is 20.7. The minimum atomic E-state index is -1.79. The summed E-state index contributed by atoms with van der Waals surface area (Å²) in [4.78, 5) is 10.9. The highest BCUT2D eigenvalue weighted by atomic mass is 35.5. The smallest absolute Gasteiger partial charge is 0.191 e. The number of hydrogen-bond acceptors (Lipinski definition) is 4. The number of halogens is 3. The summed E-state index contributed by atoms with van der Waals surface area (Å²) in [5, 5.41) is 1.18. The molecule has 29 heavy (non-hydrogen) atoms. The molecule has 3 rings (SSSR count). The van der Waals surface area contributed by atoms with Crippen molar-refractivity contribution < 1.29 is 4.43 Å². The second-order valence-electron chi connectivity index (χ2n) is 8.64. The number of benzene rings is 1. The molecule has 1 aliphatic rings. The van der Waals surface area contributed by atoms with Gasteiger partial charge in [0.2, 0.25) is 0 Å². The first-order chi connectivity index (χ1) is 13.5. The van der Waals surface area contributed by atoms with Gasteiger partial charge >= 0.3 is 0 Å². The van der Waals surface area contributed by atoms with Gasteiger partial charge in [-0.05, 0) is 42.2 Å². The molecule has 0 spiro atoms. The molecular weight excluding hydrogens is 445 g/mol. The van der Waals surface area contributed by atoms with Gasteiger partial charge in [-0.2, -0.15) is 0 Å². The Morgan fingerprint density at radius 3 is 2.52 bits per heavy atom. The molecule has 156 valence electrons. The number of aliphatic imine (C=N–C) groups is 1. The fraction of sp³-hybridized carbons (Fsp3) is 0.429. The van der Waals surface area contributed by atoms with Crippen molar-refractivity contribution >= 4 is 59.8 Å². The molecule has 0 unspecified atom stereocenters. The first-order valence-corrected chi connectivity index (χ1v) is 13.6. The second-order valence-corrected chi connectivity index (χ2v) is 14.6. The van der Waals surface area contributed by atoms with E-state index in [1.165, 1.54) is 5.56 Å². The van der Waals surface area contributed by atoms with E-state index in [0.29, 0.717) is 34.9 Å². The lowest BCUT2D eigenvalue weighted by molar-refractivity contribution is 0.292. The van der Waals surface area contributed by atoms with Gasteiger partial charge in [-0.3, -0.25) is 4.99 Å². The zero-order chi connectivity index (χ0) is 21.4. The van der Waals surface area contributed by atoms with Crippen LogP contribution in [0.25, 0.3) is 0 Å². The number of para-hydroxylation sites is 1. The maximum Gasteiger partial charge on any atom is 0.191 e. The van der Waals surface area contributed by atoms with Gasteiger partial charge in [-0.25, -0.2) is 4.98 Å². The zero-order valence-electron chi connectivity index (χ0n) is 17.4. The van der Waals surface area contributed by atoms with Gasteiger partial charge in [-0.15, -0.1) is 0 Å². The molecule has 0 N–H and O–H groups in total. The summed E-state index contributed by atoms with van der Waals surface area (Å²) in [7, 11) is -1.79.